The molecule has 1 aromatic carbocycles. The summed E-state index contributed by atoms with van der Waals surface area (Å²) in [5, 5.41) is 1.04. The first-order valence-corrected chi connectivity index (χ1v) is 6.45. The van der Waals surface area contributed by atoms with Gasteiger partial charge < -0.3 is 9.47 Å². The zero-order valence-corrected chi connectivity index (χ0v) is 11.8. The molecule has 0 saturated carbocycles. The third-order valence-corrected chi connectivity index (χ3v) is 2.93. The van der Waals surface area contributed by atoms with E-state index in [-0.39, 0.29) is 5.97 Å². The van der Waals surface area contributed by atoms with Crippen LogP contribution in [0.25, 0.3) is 17.0 Å². The lowest BCUT2D eigenvalue weighted by Crippen LogP contribution is -1.99. The summed E-state index contributed by atoms with van der Waals surface area (Å²) in [5.74, 6) is 0.351. The van der Waals surface area contributed by atoms with Gasteiger partial charge in [0.05, 0.1) is 19.4 Å². The molecule has 104 valence electrons. The van der Waals surface area contributed by atoms with Crippen molar-refractivity contribution in [2.75, 3.05) is 13.7 Å². The Morgan fingerprint density at radius 3 is 2.90 bits per heavy atom. The third kappa shape index (κ3) is 2.96. The maximum absolute atomic E-state index is 11.3. The number of fused-ring (bicyclic) bond motifs is 1. The van der Waals surface area contributed by atoms with Crippen LogP contribution in [-0.4, -0.2) is 24.7 Å². The van der Waals surface area contributed by atoms with Gasteiger partial charge in [-0.2, -0.15) is 0 Å². The van der Waals surface area contributed by atoms with Crippen LogP contribution in [0.3, 0.4) is 0 Å². The van der Waals surface area contributed by atoms with Crippen molar-refractivity contribution in [1.82, 2.24) is 4.98 Å². The van der Waals surface area contributed by atoms with Crippen LogP contribution in [-0.2, 0) is 9.53 Å². The van der Waals surface area contributed by atoms with Gasteiger partial charge in [-0.25, -0.2) is 9.78 Å². The number of esters is 1. The molecule has 1 aromatic heterocycles. The van der Waals surface area contributed by atoms with Crippen molar-refractivity contribution in [3.63, 3.8) is 0 Å². The van der Waals surface area contributed by atoms with Crippen molar-refractivity contribution in [3.8, 4) is 5.75 Å². The van der Waals surface area contributed by atoms with Crippen LogP contribution >= 0.6 is 0 Å². The second-order valence-corrected chi connectivity index (χ2v) is 4.31. The molecule has 0 aliphatic carbocycles. The summed E-state index contributed by atoms with van der Waals surface area (Å²) in [6.07, 6.45) is 3.03. The average Bonchev–Trinajstić information content (AvgIpc) is 2.45. The summed E-state index contributed by atoms with van der Waals surface area (Å²) in [6.45, 7) is 4.14. The lowest BCUT2D eigenvalue weighted by molar-refractivity contribution is -0.137. The molecule has 0 saturated heterocycles. The van der Waals surface area contributed by atoms with Crippen molar-refractivity contribution in [2.45, 2.75) is 13.8 Å². The first-order chi connectivity index (χ1) is 9.65. The number of pyridine rings is 1. The van der Waals surface area contributed by atoms with E-state index in [0.29, 0.717) is 12.3 Å². The quantitative estimate of drug-likeness (QED) is 0.633. The maximum Gasteiger partial charge on any atom is 0.330 e. The van der Waals surface area contributed by atoms with E-state index in [1.165, 1.54) is 6.08 Å². The molecule has 2 rings (SSSR count). The van der Waals surface area contributed by atoms with Crippen molar-refractivity contribution in [1.29, 1.82) is 0 Å². The van der Waals surface area contributed by atoms with E-state index in [9.17, 15) is 4.79 Å². The van der Waals surface area contributed by atoms with Gasteiger partial charge in [0.25, 0.3) is 0 Å². The Morgan fingerprint density at radius 1 is 1.40 bits per heavy atom. The molecule has 0 aliphatic rings. The third-order valence-electron chi connectivity index (χ3n) is 2.93. The highest BCUT2D eigenvalue weighted by atomic mass is 16.5. The minimum Gasteiger partial charge on any atom is -0.494 e. The highest BCUT2D eigenvalue weighted by molar-refractivity contribution is 5.90. The normalized spacial score (nSPS) is 10.9. The smallest absolute Gasteiger partial charge is 0.330 e. The molecule has 0 radical (unpaired) electrons. The lowest BCUT2D eigenvalue weighted by Gasteiger charge is -2.07. The van der Waals surface area contributed by atoms with E-state index >= 15 is 0 Å². The molecule has 0 atom stereocenters. The Morgan fingerprint density at radius 2 is 2.20 bits per heavy atom. The van der Waals surface area contributed by atoms with Crippen LogP contribution in [0.2, 0.25) is 0 Å². The molecule has 0 fully saturated rings. The van der Waals surface area contributed by atoms with Crippen molar-refractivity contribution < 1.29 is 14.3 Å². The molecular weight excluding hydrogens is 254 g/mol. The maximum atomic E-state index is 11.3. The summed E-state index contributed by atoms with van der Waals surface area (Å²) in [7, 11) is 1.62. The molecular formula is C16H17NO3. The fourth-order valence-corrected chi connectivity index (χ4v) is 2.01. The topological polar surface area (TPSA) is 48.4 Å². The zero-order chi connectivity index (χ0) is 14.5. The van der Waals surface area contributed by atoms with Gasteiger partial charge in [-0.1, -0.05) is 12.1 Å². The standard InChI is InChI=1S/C16H17NO3/c1-4-20-15(18)9-8-12-10-11(2)13-6-5-7-14(19-3)16(13)17-12/h5-10H,4H2,1-3H3/b9-8+. The average molecular weight is 271 g/mol. The summed E-state index contributed by atoms with van der Waals surface area (Å²) >= 11 is 0. The fraction of sp³-hybridized carbons (Fsp3) is 0.250. The van der Waals surface area contributed by atoms with Crippen LogP contribution in [0.4, 0.5) is 0 Å². The molecule has 0 N–H and O–H groups in total. The predicted molar refractivity (Wildman–Crippen MR) is 78.7 cm³/mol. The number of hydrogen-bond acceptors (Lipinski definition) is 4. The first-order valence-electron chi connectivity index (χ1n) is 6.45. The highest BCUT2D eigenvalue weighted by Gasteiger charge is 2.06. The number of nitrogens with zero attached hydrogens (tertiary/aromatic N) is 1. The van der Waals surface area contributed by atoms with Gasteiger partial charge in [0.2, 0.25) is 0 Å². The number of rotatable bonds is 4. The summed E-state index contributed by atoms with van der Waals surface area (Å²) in [6, 6.07) is 7.73. The van der Waals surface area contributed by atoms with Gasteiger partial charge in [-0.15, -0.1) is 0 Å². The number of carbonyl (C=O) groups is 1. The highest BCUT2D eigenvalue weighted by Crippen LogP contribution is 2.26. The van der Waals surface area contributed by atoms with E-state index in [1.54, 1.807) is 20.1 Å². The van der Waals surface area contributed by atoms with Crippen LogP contribution < -0.4 is 4.74 Å². The van der Waals surface area contributed by atoms with Crippen molar-refractivity contribution in [3.05, 3.63) is 41.6 Å². The number of methoxy groups -OCH3 is 1. The van der Waals surface area contributed by atoms with E-state index in [2.05, 4.69) is 4.98 Å². The van der Waals surface area contributed by atoms with E-state index in [0.717, 1.165) is 22.2 Å². The van der Waals surface area contributed by atoms with Crippen molar-refractivity contribution >= 4 is 22.9 Å². The van der Waals surface area contributed by atoms with Crippen LogP contribution in [0.15, 0.2) is 30.3 Å². The Kier molecular flexibility index (Phi) is 4.35. The Labute approximate surface area is 118 Å². The van der Waals surface area contributed by atoms with Crippen LogP contribution in [0.1, 0.15) is 18.2 Å². The number of carbonyl (C=O) groups excluding carboxylic acids is 1. The molecule has 0 amide bonds. The number of para-hydroxylation sites is 1. The molecule has 1 heterocycles. The van der Waals surface area contributed by atoms with Gasteiger partial charge in [0.1, 0.15) is 11.3 Å². The summed E-state index contributed by atoms with van der Waals surface area (Å²) in [5.41, 5.74) is 2.57. The van der Waals surface area contributed by atoms with E-state index in [1.807, 2.05) is 31.2 Å². The second-order valence-electron chi connectivity index (χ2n) is 4.31. The summed E-state index contributed by atoms with van der Waals surface area (Å²) < 4.78 is 10.2. The largest absolute Gasteiger partial charge is 0.494 e. The molecule has 0 spiro atoms. The lowest BCUT2D eigenvalue weighted by atomic mass is 10.1. The second kappa shape index (κ2) is 6.19. The number of benzene rings is 1. The molecule has 0 unspecified atom stereocenters. The minimum absolute atomic E-state index is 0.362. The molecule has 0 bridgehead atoms. The fourth-order valence-electron chi connectivity index (χ4n) is 2.01. The monoisotopic (exact) mass is 271 g/mol. The van der Waals surface area contributed by atoms with Gasteiger partial charge in [-0.05, 0) is 37.6 Å². The summed E-state index contributed by atoms with van der Waals surface area (Å²) in [4.78, 5) is 15.8. The Bertz CT molecular complexity index is 662. The predicted octanol–water partition coefficient (Wildman–Crippen LogP) is 3.13. The number of aryl methyl sites for hydroxylation is 1. The van der Waals surface area contributed by atoms with Gasteiger partial charge in [0.15, 0.2) is 0 Å². The molecule has 4 heteroatoms. The van der Waals surface area contributed by atoms with E-state index in [4.69, 9.17) is 9.47 Å². The van der Waals surface area contributed by atoms with E-state index < -0.39 is 0 Å². The minimum atomic E-state index is -0.368. The molecule has 4 nitrogen and oxygen atoms in total. The van der Waals surface area contributed by atoms with Crippen molar-refractivity contribution in [2.24, 2.45) is 0 Å². The Balaban J connectivity index is 2.43. The van der Waals surface area contributed by atoms with Gasteiger partial charge >= 0.3 is 5.97 Å². The van der Waals surface area contributed by atoms with Gasteiger partial charge in [-0.3, -0.25) is 0 Å². The first kappa shape index (κ1) is 14.1. The molecule has 2 aromatic rings. The SMILES string of the molecule is CCOC(=O)/C=C/c1cc(C)c2cccc(OC)c2n1. The van der Waals surface area contributed by atoms with Gasteiger partial charge in [0, 0.05) is 11.5 Å². The molecule has 0 aliphatic heterocycles. The zero-order valence-electron chi connectivity index (χ0n) is 11.8. The molecule has 20 heavy (non-hydrogen) atoms. The number of ether oxygens (including phenoxy) is 2. The van der Waals surface area contributed by atoms with Crippen LogP contribution in [0.5, 0.6) is 5.75 Å². The Hall–Kier alpha value is -2.36. The van der Waals surface area contributed by atoms with Crippen LogP contribution in [0, 0.1) is 6.92 Å². The number of aromatic nitrogens is 1. The number of hydrogen-bond donors (Lipinski definition) is 0.